The molecule has 2 heterocycles. The Morgan fingerprint density at radius 1 is 1.43 bits per heavy atom. The van der Waals surface area contributed by atoms with Gasteiger partial charge >= 0.3 is 0 Å². The third kappa shape index (κ3) is 5.58. The van der Waals surface area contributed by atoms with Crippen LogP contribution in [0.5, 0.6) is 5.88 Å². The number of ether oxygens (including phenoxy) is 1. The van der Waals surface area contributed by atoms with Gasteiger partial charge in [-0.1, -0.05) is 13.8 Å². The number of hydrogen-bond donors (Lipinski definition) is 1. The van der Waals surface area contributed by atoms with Gasteiger partial charge in [-0.05, 0) is 18.1 Å². The molecule has 0 amide bonds. The van der Waals surface area contributed by atoms with Crippen LogP contribution in [-0.2, 0) is 4.79 Å². The highest BCUT2D eigenvalue weighted by Gasteiger charge is 2.01. The fraction of sp³-hybridized carbons (Fsp3) is 0.286. The summed E-state index contributed by atoms with van der Waals surface area (Å²) >= 11 is 1.82. The Labute approximate surface area is 127 Å². The van der Waals surface area contributed by atoms with E-state index in [1.54, 1.807) is 6.07 Å². The zero-order chi connectivity index (χ0) is 15.7. The zero-order valence-electron chi connectivity index (χ0n) is 12.0. The van der Waals surface area contributed by atoms with Crippen LogP contribution in [0.25, 0.3) is 0 Å². The molecule has 7 heteroatoms. The Balaban J connectivity index is 0.000000211. The Morgan fingerprint density at radius 2 is 2.19 bits per heavy atom. The molecule has 0 aliphatic heterocycles. The van der Waals surface area contributed by atoms with E-state index >= 15 is 0 Å². The van der Waals surface area contributed by atoms with E-state index in [-0.39, 0.29) is 18.0 Å². The summed E-state index contributed by atoms with van der Waals surface area (Å²) in [6.07, 6.45) is 0. The fourth-order valence-corrected chi connectivity index (χ4v) is 2.19. The van der Waals surface area contributed by atoms with Crippen LogP contribution in [0, 0.1) is 11.3 Å². The largest absolute Gasteiger partial charge is 0.408 e. The molecule has 0 aliphatic rings. The summed E-state index contributed by atoms with van der Waals surface area (Å²) in [5.74, 6) is 0.742. The number of nitriles is 1. The molecule has 21 heavy (non-hydrogen) atoms. The first-order valence-corrected chi connectivity index (χ1v) is 7.09. The summed E-state index contributed by atoms with van der Waals surface area (Å²) in [6, 6.07) is 6.78. The molecular weight excluding hydrogens is 288 g/mol. The van der Waals surface area contributed by atoms with Gasteiger partial charge in [-0.3, -0.25) is 4.79 Å². The predicted molar refractivity (Wildman–Crippen MR) is 81.4 cm³/mol. The van der Waals surface area contributed by atoms with Crippen molar-refractivity contribution in [1.82, 2.24) is 10.2 Å². The van der Waals surface area contributed by atoms with Gasteiger partial charge in [-0.2, -0.15) is 5.26 Å². The van der Waals surface area contributed by atoms with Crippen molar-refractivity contribution in [2.75, 3.05) is 12.4 Å². The first kappa shape index (κ1) is 16.6. The molecule has 2 rings (SSSR count). The lowest BCUT2D eigenvalue weighted by atomic mass is 10.2. The smallest absolute Gasteiger partial charge is 0.299 e. The summed E-state index contributed by atoms with van der Waals surface area (Å²) in [4.78, 5) is 11.2. The molecule has 1 N–H and O–H groups in total. The summed E-state index contributed by atoms with van der Waals surface area (Å²) in [7, 11) is 1.95. The first-order valence-electron chi connectivity index (χ1n) is 6.21. The Morgan fingerprint density at radius 3 is 2.57 bits per heavy atom. The van der Waals surface area contributed by atoms with Crippen molar-refractivity contribution in [1.29, 1.82) is 5.26 Å². The van der Waals surface area contributed by atoms with Gasteiger partial charge in [0.05, 0.1) is 0 Å². The standard InChI is InChI=1S/C8H13NS.C6H3N3O2/c1-6(2)8-4-7(9-3)5-10-8;7-3-5-1-2-6(9-8-5)11-4-10/h4-6,9H,1-3H3;1-2,4H. The van der Waals surface area contributed by atoms with Crippen molar-refractivity contribution in [2.24, 2.45) is 0 Å². The zero-order valence-corrected chi connectivity index (χ0v) is 12.8. The normalized spacial score (nSPS) is 9.29. The van der Waals surface area contributed by atoms with Gasteiger partial charge in [-0.25, -0.2) is 0 Å². The van der Waals surface area contributed by atoms with E-state index < -0.39 is 0 Å². The number of thiophene rings is 1. The molecule has 0 saturated heterocycles. The monoisotopic (exact) mass is 304 g/mol. The van der Waals surface area contributed by atoms with Crippen LogP contribution in [0.3, 0.4) is 0 Å². The molecule has 0 spiro atoms. The Bertz CT molecular complexity index is 602. The van der Waals surface area contributed by atoms with Crippen molar-refractivity contribution >= 4 is 23.5 Å². The number of hydrogen-bond acceptors (Lipinski definition) is 7. The van der Waals surface area contributed by atoms with Crippen molar-refractivity contribution in [3.63, 3.8) is 0 Å². The van der Waals surface area contributed by atoms with Crippen LogP contribution in [0.1, 0.15) is 30.3 Å². The Kier molecular flexibility index (Phi) is 6.84. The van der Waals surface area contributed by atoms with E-state index in [9.17, 15) is 4.79 Å². The molecule has 0 aliphatic carbocycles. The number of aromatic nitrogens is 2. The maximum Gasteiger partial charge on any atom is 0.299 e. The second-order valence-corrected chi connectivity index (χ2v) is 5.17. The van der Waals surface area contributed by atoms with Gasteiger partial charge in [0, 0.05) is 29.1 Å². The minimum atomic E-state index is 0.0824. The van der Waals surface area contributed by atoms with Crippen LogP contribution >= 0.6 is 11.3 Å². The van der Waals surface area contributed by atoms with Crippen molar-refractivity contribution in [3.8, 4) is 11.9 Å². The molecule has 0 radical (unpaired) electrons. The van der Waals surface area contributed by atoms with E-state index in [0.717, 1.165) is 0 Å². The average molecular weight is 304 g/mol. The van der Waals surface area contributed by atoms with Crippen molar-refractivity contribution in [3.05, 3.63) is 34.2 Å². The quantitative estimate of drug-likeness (QED) is 0.874. The molecule has 0 fully saturated rings. The van der Waals surface area contributed by atoms with Gasteiger partial charge in [0.15, 0.2) is 5.69 Å². The van der Waals surface area contributed by atoms with E-state index in [1.807, 2.05) is 18.4 Å². The number of anilines is 1. The second-order valence-electron chi connectivity index (χ2n) is 4.23. The highest BCUT2D eigenvalue weighted by molar-refractivity contribution is 7.10. The fourth-order valence-electron chi connectivity index (χ4n) is 1.28. The van der Waals surface area contributed by atoms with E-state index in [0.29, 0.717) is 5.92 Å². The topological polar surface area (TPSA) is 87.9 Å². The molecule has 0 aromatic carbocycles. The third-order valence-electron chi connectivity index (χ3n) is 2.40. The van der Waals surface area contributed by atoms with Gasteiger partial charge in [0.1, 0.15) is 6.07 Å². The second kappa shape index (κ2) is 8.66. The maximum atomic E-state index is 9.77. The molecule has 0 unspecified atom stereocenters. The third-order valence-corrected chi connectivity index (χ3v) is 3.63. The summed E-state index contributed by atoms with van der Waals surface area (Å²) < 4.78 is 4.34. The number of carbonyl (C=O) groups is 1. The van der Waals surface area contributed by atoms with Gasteiger partial charge < -0.3 is 10.1 Å². The van der Waals surface area contributed by atoms with Gasteiger partial charge in [-0.15, -0.1) is 21.5 Å². The van der Waals surface area contributed by atoms with E-state index in [1.165, 1.54) is 22.7 Å². The number of nitrogens with one attached hydrogen (secondary N) is 1. The number of nitrogens with zero attached hydrogens (tertiary/aromatic N) is 3. The lowest BCUT2D eigenvalue weighted by Crippen LogP contribution is -1.94. The van der Waals surface area contributed by atoms with Crippen LogP contribution in [-0.4, -0.2) is 23.7 Å². The molecule has 2 aromatic rings. The molecule has 110 valence electrons. The minimum Gasteiger partial charge on any atom is -0.408 e. The summed E-state index contributed by atoms with van der Waals surface area (Å²) in [5.41, 5.74) is 1.41. The van der Waals surface area contributed by atoms with Gasteiger partial charge in [0.2, 0.25) is 5.88 Å². The number of rotatable bonds is 4. The van der Waals surface area contributed by atoms with Crippen LogP contribution < -0.4 is 10.1 Å². The van der Waals surface area contributed by atoms with Gasteiger partial charge in [0.25, 0.3) is 6.47 Å². The SMILES string of the molecule is CNc1csc(C(C)C)c1.N#Cc1ccc(OC=O)nn1. The molecule has 2 aromatic heterocycles. The number of carbonyl (C=O) groups excluding carboxylic acids is 1. The first-order chi connectivity index (χ1) is 10.1. The summed E-state index contributed by atoms with van der Waals surface area (Å²) in [6.45, 7) is 4.67. The molecule has 0 saturated carbocycles. The summed E-state index contributed by atoms with van der Waals surface area (Å²) in [5, 5.41) is 20.4. The van der Waals surface area contributed by atoms with Crippen molar-refractivity contribution < 1.29 is 9.53 Å². The lowest BCUT2D eigenvalue weighted by Gasteiger charge is -1.96. The van der Waals surface area contributed by atoms with E-state index in [4.69, 9.17) is 5.26 Å². The molecular formula is C14H16N4O2S. The molecule has 0 atom stereocenters. The minimum absolute atomic E-state index is 0.0824. The van der Waals surface area contributed by atoms with Crippen LogP contribution in [0.4, 0.5) is 5.69 Å². The molecule has 0 bridgehead atoms. The Hall–Kier alpha value is -2.46. The maximum absolute atomic E-state index is 9.77. The molecule has 6 nitrogen and oxygen atoms in total. The van der Waals surface area contributed by atoms with Crippen molar-refractivity contribution in [2.45, 2.75) is 19.8 Å². The van der Waals surface area contributed by atoms with Crippen LogP contribution in [0.2, 0.25) is 0 Å². The lowest BCUT2D eigenvalue weighted by molar-refractivity contribution is -0.121. The van der Waals surface area contributed by atoms with Crippen LogP contribution in [0.15, 0.2) is 23.6 Å². The highest BCUT2D eigenvalue weighted by Crippen LogP contribution is 2.25. The van der Waals surface area contributed by atoms with E-state index in [2.05, 4.69) is 45.5 Å². The highest BCUT2D eigenvalue weighted by atomic mass is 32.1. The average Bonchev–Trinajstić information content (AvgIpc) is 2.98. The predicted octanol–water partition coefficient (Wildman–Crippen LogP) is 2.80.